The van der Waals surface area contributed by atoms with Crippen LogP contribution in [0.2, 0.25) is 0 Å². The normalized spacial score (nSPS) is 11.7. The van der Waals surface area contributed by atoms with Crippen molar-refractivity contribution in [3.05, 3.63) is 30.1 Å². The number of halogens is 1. The molecule has 0 radical (unpaired) electrons. The summed E-state index contributed by atoms with van der Waals surface area (Å²) in [5.41, 5.74) is 0.736. The molecule has 0 amide bonds. The summed E-state index contributed by atoms with van der Waals surface area (Å²) in [5, 5.41) is 8.69. The van der Waals surface area contributed by atoms with Crippen LogP contribution in [0.25, 0.3) is 11.4 Å². The first kappa shape index (κ1) is 13.2. The molecule has 0 aliphatic heterocycles. The van der Waals surface area contributed by atoms with Gasteiger partial charge in [0.1, 0.15) is 5.82 Å². The Morgan fingerprint density at radius 2 is 2.06 bits per heavy atom. The molecule has 1 heterocycles. The summed E-state index contributed by atoms with van der Waals surface area (Å²) >= 11 is 3.32. The van der Waals surface area contributed by atoms with Crippen LogP contribution in [0.5, 0.6) is 0 Å². The molecule has 7 heteroatoms. The fourth-order valence-corrected chi connectivity index (χ4v) is 2.75. The largest absolute Gasteiger partial charge is 0.313 e. The van der Waals surface area contributed by atoms with E-state index in [4.69, 9.17) is 0 Å². The number of hydrogen-bond donors (Lipinski definition) is 0. The second kappa shape index (κ2) is 4.81. The van der Waals surface area contributed by atoms with Crippen molar-refractivity contribution in [2.45, 2.75) is 10.2 Å². The maximum Gasteiger partial charge on any atom is 0.175 e. The highest BCUT2D eigenvalue weighted by atomic mass is 79.9. The molecule has 18 heavy (non-hydrogen) atoms. The number of hydrogen-bond acceptors (Lipinski definition) is 4. The molecule has 0 aliphatic carbocycles. The van der Waals surface area contributed by atoms with Gasteiger partial charge in [-0.05, 0) is 12.1 Å². The molecule has 0 saturated carbocycles. The van der Waals surface area contributed by atoms with Gasteiger partial charge in [0.05, 0.1) is 10.2 Å². The Labute approximate surface area is 114 Å². The minimum Gasteiger partial charge on any atom is -0.313 e. The summed E-state index contributed by atoms with van der Waals surface area (Å²) in [4.78, 5) is 0.281. The molecule has 0 atom stereocenters. The first-order chi connectivity index (χ1) is 8.43. The van der Waals surface area contributed by atoms with Crippen LogP contribution in [0, 0.1) is 0 Å². The minimum atomic E-state index is -3.21. The van der Waals surface area contributed by atoms with Crippen molar-refractivity contribution in [3.8, 4) is 11.4 Å². The number of sulfone groups is 1. The van der Waals surface area contributed by atoms with Crippen LogP contribution in [0.15, 0.2) is 29.2 Å². The van der Waals surface area contributed by atoms with Gasteiger partial charge in [0, 0.05) is 18.9 Å². The summed E-state index contributed by atoms with van der Waals surface area (Å²) in [6.07, 6.45) is 1.19. The van der Waals surface area contributed by atoms with E-state index in [0.29, 0.717) is 11.2 Å². The van der Waals surface area contributed by atoms with Crippen LogP contribution in [-0.2, 0) is 22.2 Å². The van der Waals surface area contributed by atoms with E-state index in [1.54, 1.807) is 18.2 Å². The molecule has 2 rings (SSSR count). The Morgan fingerprint density at radius 1 is 1.33 bits per heavy atom. The van der Waals surface area contributed by atoms with Gasteiger partial charge in [-0.25, -0.2) is 8.42 Å². The minimum absolute atomic E-state index is 0.281. The van der Waals surface area contributed by atoms with E-state index >= 15 is 0 Å². The second-order valence-corrected chi connectivity index (χ2v) is 6.51. The van der Waals surface area contributed by atoms with Gasteiger partial charge >= 0.3 is 0 Å². The predicted octanol–water partition coefficient (Wildman–Crippen LogP) is 1.78. The van der Waals surface area contributed by atoms with E-state index in [9.17, 15) is 8.42 Å². The summed E-state index contributed by atoms with van der Waals surface area (Å²) in [6, 6.07) is 6.70. The molecular weight excluding hydrogens is 318 g/mol. The van der Waals surface area contributed by atoms with E-state index in [-0.39, 0.29) is 4.90 Å². The fraction of sp³-hybridized carbons (Fsp3) is 0.273. The van der Waals surface area contributed by atoms with Crippen molar-refractivity contribution in [2.24, 2.45) is 7.05 Å². The zero-order chi connectivity index (χ0) is 13.3. The fourth-order valence-electron chi connectivity index (χ4n) is 1.60. The monoisotopic (exact) mass is 329 g/mol. The first-order valence-corrected chi connectivity index (χ1v) is 8.19. The Kier molecular flexibility index (Phi) is 3.54. The third kappa shape index (κ3) is 2.46. The lowest BCUT2D eigenvalue weighted by atomic mass is 10.2. The molecule has 0 bridgehead atoms. The zero-order valence-corrected chi connectivity index (χ0v) is 12.4. The van der Waals surface area contributed by atoms with E-state index in [2.05, 4.69) is 26.1 Å². The van der Waals surface area contributed by atoms with Gasteiger partial charge < -0.3 is 4.57 Å². The van der Waals surface area contributed by atoms with Crippen LogP contribution in [0.3, 0.4) is 0 Å². The number of alkyl halides is 1. The Bertz CT molecular complexity index is 679. The molecule has 0 unspecified atom stereocenters. The van der Waals surface area contributed by atoms with Crippen molar-refractivity contribution in [1.29, 1.82) is 0 Å². The average Bonchev–Trinajstić information content (AvgIpc) is 2.69. The summed E-state index contributed by atoms with van der Waals surface area (Å²) in [5.74, 6) is 1.43. The SMILES string of the molecule is Cn1c(CBr)nnc1-c1cccc(S(C)(=O)=O)c1. The number of nitrogens with zero attached hydrogens (tertiary/aromatic N) is 3. The van der Waals surface area contributed by atoms with Gasteiger partial charge in [-0.2, -0.15) is 0 Å². The lowest BCUT2D eigenvalue weighted by Crippen LogP contribution is -2.00. The highest BCUT2D eigenvalue weighted by molar-refractivity contribution is 9.08. The summed E-state index contributed by atoms with van der Waals surface area (Å²) in [6.45, 7) is 0. The average molecular weight is 330 g/mol. The molecule has 2 aromatic rings. The molecule has 0 spiro atoms. The first-order valence-electron chi connectivity index (χ1n) is 5.18. The van der Waals surface area contributed by atoms with E-state index in [1.165, 1.54) is 6.26 Å². The summed E-state index contributed by atoms with van der Waals surface area (Å²) < 4.78 is 24.9. The molecule has 96 valence electrons. The van der Waals surface area contributed by atoms with Crippen molar-refractivity contribution >= 4 is 25.8 Å². The Morgan fingerprint density at radius 3 is 2.61 bits per heavy atom. The third-order valence-corrected chi connectivity index (χ3v) is 4.22. The summed E-state index contributed by atoms with van der Waals surface area (Å²) in [7, 11) is -1.37. The molecule has 0 aliphatic rings. The van der Waals surface area contributed by atoms with Crippen molar-refractivity contribution in [3.63, 3.8) is 0 Å². The van der Waals surface area contributed by atoms with Crippen LogP contribution in [-0.4, -0.2) is 29.4 Å². The molecule has 5 nitrogen and oxygen atoms in total. The number of aromatic nitrogens is 3. The molecule has 0 N–H and O–H groups in total. The maximum atomic E-state index is 11.5. The van der Waals surface area contributed by atoms with Crippen LogP contribution < -0.4 is 0 Å². The van der Waals surface area contributed by atoms with Gasteiger partial charge in [0.25, 0.3) is 0 Å². The van der Waals surface area contributed by atoms with Crippen molar-refractivity contribution < 1.29 is 8.42 Å². The Hall–Kier alpha value is -1.21. The standard InChI is InChI=1S/C11H12BrN3O2S/c1-15-10(7-12)13-14-11(15)8-4-3-5-9(6-8)18(2,16)17/h3-6H,7H2,1-2H3. The van der Waals surface area contributed by atoms with E-state index in [1.807, 2.05) is 17.7 Å². The number of benzene rings is 1. The van der Waals surface area contributed by atoms with Crippen LogP contribution in [0.4, 0.5) is 0 Å². The Balaban J connectivity index is 2.55. The molecule has 1 aromatic carbocycles. The highest BCUT2D eigenvalue weighted by Gasteiger charge is 2.13. The lowest BCUT2D eigenvalue weighted by Gasteiger charge is -2.04. The van der Waals surface area contributed by atoms with E-state index < -0.39 is 9.84 Å². The van der Waals surface area contributed by atoms with E-state index in [0.717, 1.165) is 11.4 Å². The maximum absolute atomic E-state index is 11.5. The smallest absolute Gasteiger partial charge is 0.175 e. The third-order valence-electron chi connectivity index (χ3n) is 2.60. The lowest BCUT2D eigenvalue weighted by molar-refractivity contribution is 0.602. The van der Waals surface area contributed by atoms with Gasteiger partial charge in [-0.15, -0.1) is 10.2 Å². The van der Waals surface area contributed by atoms with Crippen LogP contribution in [0.1, 0.15) is 5.82 Å². The quantitative estimate of drug-likeness (QED) is 0.805. The van der Waals surface area contributed by atoms with Crippen molar-refractivity contribution in [1.82, 2.24) is 14.8 Å². The van der Waals surface area contributed by atoms with Crippen molar-refractivity contribution in [2.75, 3.05) is 6.26 Å². The topological polar surface area (TPSA) is 64.8 Å². The van der Waals surface area contributed by atoms with Crippen LogP contribution >= 0.6 is 15.9 Å². The molecule has 0 fully saturated rings. The zero-order valence-electron chi connectivity index (χ0n) is 9.96. The number of rotatable bonds is 3. The molecule has 0 saturated heterocycles. The predicted molar refractivity (Wildman–Crippen MR) is 72.2 cm³/mol. The van der Waals surface area contributed by atoms with Gasteiger partial charge in [-0.3, -0.25) is 0 Å². The molecule has 1 aromatic heterocycles. The second-order valence-electron chi connectivity index (χ2n) is 3.93. The highest BCUT2D eigenvalue weighted by Crippen LogP contribution is 2.21. The van der Waals surface area contributed by atoms with Gasteiger partial charge in [-0.1, -0.05) is 28.1 Å². The van der Waals surface area contributed by atoms with Gasteiger partial charge in [0.2, 0.25) is 0 Å². The van der Waals surface area contributed by atoms with Gasteiger partial charge in [0.15, 0.2) is 15.7 Å². The molecular formula is C11H12BrN3O2S.